The molecule has 2 aromatic rings. The third-order valence-corrected chi connectivity index (χ3v) is 5.34. The molecular weight excluding hydrogens is 374 g/mol. The number of piperidine rings is 1. The van der Waals surface area contributed by atoms with Crippen LogP contribution in [0.4, 0.5) is 10.6 Å². The Hall–Kier alpha value is -2.40. The number of pyridine rings is 1. The van der Waals surface area contributed by atoms with E-state index in [4.69, 9.17) is 4.74 Å². The number of hydrogen-bond acceptors (Lipinski definition) is 4. The van der Waals surface area contributed by atoms with Crippen LogP contribution in [0, 0.1) is 0 Å². The molecular formula is C25H35N3O2. The zero-order valence-corrected chi connectivity index (χ0v) is 18.8. The lowest BCUT2D eigenvalue weighted by Gasteiger charge is -2.36. The molecule has 5 heteroatoms. The van der Waals surface area contributed by atoms with Crippen LogP contribution >= 0.6 is 0 Å². The zero-order chi connectivity index (χ0) is 21.6. The number of benzene rings is 1. The summed E-state index contributed by atoms with van der Waals surface area (Å²) in [4.78, 5) is 21.5. The lowest BCUT2D eigenvalue weighted by molar-refractivity contribution is 0.0579. The molecule has 1 aliphatic heterocycles. The second-order valence-corrected chi connectivity index (χ2v) is 9.05. The minimum absolute atomic E-state index is 0.340. The van der Waals surface area contributed by atoms with E-state index in [9.17, 15) is 4.79 Å². The van der Waals surface area contributed by atoms with E-state index >= 15 is 0 Å². The molecule has 162 valence electrons. The van der Waals surface area contributed by atoms with Gasteiger partial charge in [0.2, 0.25) is 0 Å². The third kappa shape index (κ3) is 6.05. The molecule has 5 nitrogen and oxygen atoms in total. The number of carbonyl (C=O) groups excluding carboxylic acids is 1. The van der Waals surface area contributed by atoms with E-state index in [1.54, 1.807) is 4.90 Å². The Morgan fingerprint density at radius 1 is 1.17 bits per heavy atom. The zero-order valence-electron chi connectivity index (χ0n) is 18.8. The summed E-state index contributed by atoms with van der Waals surface area (Å²) in [7, 11) is 0. The lowest BCUT2D eigenvalue weighted by Crippen LogP contribution is -2.38. The fourth-order valence-corrected chi connectivity index (χ4v) is 3.97. The molecule has 1 aromatic heterocycles. The van der Waals surface area contributed by atoms with Gasteiger partial charge >= 0.3 is 6.09 Å². The van der Waals surface area contributed by atoms with Crippen molar-refractivity contribution in [2.75, 3.05) is 18.0 Å². The highest BCUT2D eigenvalue weighted by atomic mass is 16.6. The average Bonchev–Trinajstić information content (AvgIpc) is 2.72. The highest BCUT2D eigenvalue weighted by Crippen LogP contribution is 2.32. The molecule has 1 atom stereocenters. The quantitative estimate of drug-likeness (QED) is 0.590. The van der Waals surface area contributed by atoms with Crippen LogP contribution in [0.1, 0.15) is 70.5 Å². The number of amides is 1. The molecule has 1 aliphatic rings. The van der Waals surface area contributed by atoms with E-state index in [0.717, 1.165) is 25.9 Å². The van der Waals surface area contributed by atoms with Gasteiger partial charge in [-0.05, 0) is 63.8 Å². The first-order valence-electron chi connectivity index (χ1n) is 11.1. The third-order valence-electron chi connectivity index (χ3n) is 5.34. The van der Waals surface area contributed by atoms with Crippen molar-refractivity contribution in [3.05, 3.63) is 59.8 Å². The number of carbonyl (C=O) groups is 1. The second kappa shape index (κ2) is 10.1. The molecule has 0 radical (unpaired) electrons. The standard InChI is InChI=1S/C25H35N3O2/c1-5-16-28(24(29)30-25(2,3)4)23-15-14-21(18-26-23)22-13-9-10-17-27(22)19-20-11-7-6-8-12-20/h6-8,11-12,14-15,18,22H,5,9-10,13,16-17,19H2,1-4H3. The summed E-state index contributed by atoms with van der Waals surface area (Å²) in [6.45, 7) is 10.3. The Morgan fingerprint density at radius 3 is 2.57 bits per heavy atom. The Kier molecular flexibility index (Phi) is 7.48. The minimum atomic E-state index is -0.525. The molecule has 1 unspecified atom stereocenters. The molecule has 0 N–H and O–H groups in total. The summed E-state index contributed by atoms with van der Waals surface area (Å²) in [5.41, 5.74) is 2.03. The largest absolute Gasteiger partial charge is 0.443 e. The van der Waals surface area contributed by atoms with Crippen molar-refractivity contribution in [3.63, 3.8) is 0 Å². The molecule has 30 heavy (non-hydrogen) atoms. The number of rotatable bonds is 6. The molecule has 1 fully saturated rings. The molecule has 1 saturated heterocycles. The number of likely N-dealkylation sites (tertiary alicyclic amines) is 1. The Labute approximate surface area is 181 Å². The van der Waals surface area contributed by atoms with Gasteiger partial charge in [0.1, 0.15) is 11.4 Å². The summed E-state index contributed by atoms with van der Waals surface area (Å²) >= 11 is 0. The monoisotopic (exact) mass is 409 g/mol. The number of ether oxygens (including phenoxy) is 1. The van der Waals surface area contributed by atoms with Crippen molar-refractivity contribution < 1.29 is 9.53 Å². The van der Waals surface area contributed by atoms with Crippen LogP contribution in [-0.4, -0.2) is 34.7 Å². The van der Waals surface area contributed by atoms with E-state index < -0.39 is 5.60 Å². The number of aromatic nitrogens is 1. The Balaban J connectivity index is 1.75. The molecule has 3 rings (SSSR count). The Bertz CT molecular complexity index is 799. The average molecular weight is 410 g/mol. The molecule has 0 saturated carbocycles. The predicted molar refractivity (Wildman–Crippen MR) is 122 cm³/mol. The van der Waals surface area contributed by atoms with Crippen LogP contribution in [0.3, 0.4) is 0 Å². The van der Waals surface area contributed by atoms with Crippen molar-refractivity contribution >= 4 is 11.9 Å². The molecule has 0 aliphatic carbocycles. The van der Waals surface area contributed by atoms with Gasteiger partial charge in [-0.25, -0.2) is 9.78 Å². The molecule has 0 spiro atoms. The molecule has 2 heterocycles. The van der Waals surface area contributed by atoms with Crippen LogP contribution in [0.25, 0.3) is 0 Å². The minimum Gasteiger partial charge on any atom is -0.443 e. The predicted octanol–water partition coefficient (Wildman–Crippen LogP) is 5.96. The topological polar surface area (TPSA) is 45.7 Å². The summed E-state index contributed by atoms with van der Waals surface area (Å²) < 4.78 is 5.58. The second-order valence-electron chi connectivity index (χ2n) is 9.05. The van der Waals surface area contributed by atoms with Gasteiger partial charge in [0.25, 0.3) is 0 Å². The van der Waals surface area contributed by atoms with Crippen LogP contribution in [0.15, 0.2) is 48.7 Å². The lowest BCUT2D eigenvalue weighted by atomic mass is 9.95. The van der Waals surface area contributed by atoms with Gasteiger partial charge in [-0.2, -0.15) is 0 Å². The van der Waals surface area contributed by atoms with E-state index in [2.05, 4.69) is 53.2 Å². The summed E-state index contributed by atoms with van der Waals surface area (Å²) in [6.07, 6.45) is 6.05. The normalized spacial score (nSPS) is 17.5. The summed E-state index contributed by atoms with van der Waals surface area (Å²) in [6, 6.07) is 15.1. The van der Waals surface area contributed by atoms with Gasteiger partial charge in [0.05, 0.1) is 0 Å². The maximum absolute atomic E-state index is 12.6. The first-order chi connectivity index (χ1) is 14.4. The van der Waals surface area contributed by atoms with Crippen LogP contribution in [0.5, 0.6) is 0 Å². The Morgan fingerprint density at radius 2 is 1.93 bits per heavy atom. The maximum Gasteiger partial charge on any atom is 0.416 e. The van der Waals surface area contributed by atoms with Crippen molar-refractivity contribution in [3.8, 4) is 0 Å². The van der Waals surface area contributed by atoms with E-state index in [0.29, 0.717) is 18.4 Å². The summed E-state index contributed by atoms with van der Waals surface area (Å²) in [5.74, 6) is 0.653. The first kappa shape index (κ1) is 22.3. The van der Waals surface area contributed by atoms with E-state index in [1.807, 2.05) is 33.0 Å². The van der Waals surface area contributed by atoms with E-state index in [-0.39, 0.29) is 6.09 Å². The maximum atomic E-state index is 12.6. The smallest absolute Gasteiger partial charge is 0.416 e. The van der Waals surface area contributed by atoms with Crippen LogP contribution < -0.4 is 4.90 Å². The van der Waals surface area contributed by atoms with Gasteiger partial charge < -0.3 is 4.74 Å². The van der Waals surface area contributed by atoms with Crippen LogP contribution in [-0.2, 0) is 11.3 Å². The van der Waals surface area contributed by atoms with Crippen molar-refractivity contribution in [1.82, 2.24) is 9.88 Å². The first-order valence-corrected chi connectivity index (χ1v) is 11.1. The van der Waals surface area contributed by atoms with Gasteiger partial charge in [-0.3, -0.25) is 9.80 Å². The highest BCUT2D eigenvalue weighted by molar-refractivity contribution is 5.86. The fourth-order valence-electron chi connectivity index (χ4n) is 3.97. The fraction of sp³-hybridized carbons (Fsp3) is 0.520. The molecule has 1 amide bonds. The highest BCUT2D eigenvalue weighted by Gasteiger charge is 2.26. The number of anilines is 1. The van der Waals surface area contributed by atoms with Gasteiger partial charge in [0, 0.05) is 25.3 Å². The van der Waals surface area contributed by atoms with Crippen molar-refractivity contribution in [1.29, 1.82) is 0 Å². The van der Waals surface area contributed by atoms with Crippen molar-refractivity contribution in [2.24, 2.45) is 0 Å². The molecule has 1 aromatic carbocycles. The molecule has 0 bridgehead atoms. The number of nitrogens with zero attached hydrogens (tertiary/aromatic N) is 3. The van der Waals surface area contributed by atoms with Crippen LogP contribution in [0.2, 0.25) is 0 Å². The SMILES string of the molecule is CCCN(C(=O)OC(C)(C)C)c1ccc(C2CCCCN2Cc2ccccc2)cn1. The van der Waals surface area contributed by atoms with Gasteiger partial charge in [0.15, 0.2) is 0 Å². The van der Waals surface area contributed by atoms with Crippen molar-refractivity contribution in [2.45, 2.75) is 71.6 Å². The summed E-state index contributed by atoms with van der Waals surface area (Å²) in [5, 5.41) is 0. The number of hydrogen-bond donors (Lipinski definition) is 0. The van der Waals surface area contributed by atoms with E-state index in [1.165, 1.54) is 24.0 Å². The van der Waals surface area contributed by atoms with Gasteiger partial charge in [-0.15, -0.1) is 0 Å². The van der Waals surface area contributed by atoms with Gasteiger partial charge in [-0.1, -0.05) is 49.7 Å².